The summed E-state index contributed by atoms with van der Waals surface area (Å²) in [6, 6.07) is 9.55. The highest BCUT2D eigenvalue weighted by Crippen LogP contribution is 2.38. The zero-order valence-electron chi connectivity index (χ0n) is 15.9. The molecule has 0 saturated heterocycles. The summed E-state index contributed by atoms with van der Waals surface area (Å²) in [7, 11) is 0. The summed E-state index contributed by atoms with van der Waals surface area (Å²) in [5, 5.41) is 5.11. The van der Waals surface area contributed by atoms with Gasteiger partial charge < -0.3 is 9.47 Å². The molecule has 0 atom stereocenters. The molecule has 0 unspecified atom stereocenters. The van der Waals surface area contributed by atoms with E-state index < -0.39 is 11.8 Å². The van der Waals surface area contributed by atoms with E-state index in [0.29, 0.717) is 42.0 Å². The second-order valence-corrected chi connectivity index (χ2v) is 6.81. The second-order valence-electron chi connectivity index (χ2n) is 6.41. The Bertz CT molecular complexity index is 1220. The topological polar surface area (TPSA) is 112 Å². The minimum absolute atomic E-state index is 0.0209. The number of fused-ring (bicyclic) bond motifs is 2. The Morgan fingerprint density at radius 3 is 2.57 bits per heavy atom. The first-order valence-corrected chi connectivity index (χ1v) is 9.57. The van der Waals surface area contributed by atoms with Crippen LogP contribution in [-0.4, -0.2) is 34.8 Å². The van der Waals surface area contributed by atoms with E-state index in [1.54, 1.807) is 31.2 Å². The van der Waals surface area contributed by atoms with Crippen LogP contribution < -0.4 is 25.9 Å². The summed E-state index contributed by atoms with van der Waals surface area (Å²) in [4.78, 5) is 37.6. The van der Waals surface area contributed by atoms with Crippen LogP contribution in [0.4, 0.5) is 0 Å². The van der Waals surface area contributed by atoms with Crippen molar-refractivity contribution in [3.05, 3.63) is 63.0 Å². The molecule has 10 heteroatoms. The number of aryl methyl sites for hydroxylation is 1. The number of nitrogens with zero attached hydrogens (tertiary/aromatic N) is 2. The molecule has 2 aromatic carbocycles. The number of carbonyl (C=O) groups excluding carboxylic acids is 2. The molecule has 1 aliphatic rings. The minimum atomic E-state index is -0.662. The highest BCUT2D eigenvalue weighted by Gasteiger charge is 2.21. The van der Waals surface area contributed by atoms with E-state index in [2.05, 4.69) is 16.0 Å². The Hall–Kier alpha value is -3.59. The van der Waals surface area contributed by atoms with Gasteiger partial charge in [0.25, 0.3) is 17.4 Å². The number of halogens is 1. The van der Waals surface area contributed by atoms with E-state index in [9.17, 15) is 14.4 Å². The Morgan fingerprint density at radius 2 is 1.80 bits per heavy atom. The fourth-order valence-electron chi connectivity index (χ4n) is 3.10. The lowest BCUT2D eigenvalue weighted by atomic mass is 10.1. The molecule has 0 aliphatic carbocycles. The van der Waals surface area contributed by atoms with Crippen LogP contribution in [0.25, 0.3) is 10.8 Å². The zero-order chi connectivity index (χ0) is 21.3. The molecule has 1 aromatic heterocycles. The zero-order valence-corrected chi connectivity index (χ0v) is 16.7. The maximum atomic E-state index is 12.7. The van der Waals surface area contributed by atoms with Gasteiger partial charge in [-0.1, -0.05) is 29.8 Å². The van der Waals surface area contributed by atoms with Crippen molar-refractivity contribution in [3.8, 4) is 11.5 Å². The van der Waals surface area contributed by atoms with Crippen molar-refractivity contribution in [3.63, 3.8) is 0 Å². The van der Waals surface area contributed by atoms with Crippen LogP contribution in [0.3, 0.4) is 0 Å². The molecule has 4 rings (SSSR count). The smallest absolute Gasteiger partial charge is 0.290 e. The summed E-state index contributed by atoms with van der Waals surface area (Å²) in [6.07, 6.45) is 0. The molecule has 2 heterocycles. The van der Waals surface area contributed by atoms with E-state index in [4.69, 9.17) is 21.1 Å². The van der Waals surface area contributed by atoms with Gasteiger partial charge in [0.1, 0.15) is 13.2 Å². The molecular weight excluding hydrogens is 412 g/mol. The van der Waals surface area contributed by atoms with Gasteiger partial charge in [-0.25, -0.2) is 4.68 Å². The molecule has 0 spiro atoms. The normalized spacial score (nSPS) is 12.5. The third kappa shape index (κ3) is 3.55. The first kappa shape index (κ1) is 19.7. The average Bonchev–Trinajstić information content (AvgIpc) is 2.77. The average molecular weight is 429 g/mol. The van der Waals surface area contributed by atoms with E-state index in [0.717, 1.165) is 0 Å². The summed E-state index contributed by atoms with van der Waals surface area (Å²) >= 11 is 6.15. The van der Waals surface area contributed by atoms with Crippen molar-refractivity contribution in [2.24, 2.45) is 0 Å². The molecular formula is C20H17ClN4O5. The van der Waals surface area contributed by atoms with Gasteiger partial charge >= 0.3 is 0 Å². The Labute approximate surface area is 175 Å². The molecule has 3 aromatic rings. The molecule has 0 bridgehead atoms. The van der Waals surface area contributed by atoms with Crippen LogP contribution in [0, 0.1) is 0 Å². The number of hydrogen-bond acceptors (Lipinski definition) is 6. The molecule has 2 N–H and O–H groups in total. The maximum Gasteiger partial charge on any atom is 0.290 e. The molecule has 2 amide bonds. The summed E-state index contributed by atoms with van der Waals surface area (Å²) in [5.74, 6) is -0.533. The predicted molar refractivity (Wildman–Crippen MR) is 109 cm³/mol. The molecule has 9 nitrogen and oxygen atoms in total. The molecule has 30 heavy (non-hydrogen) atoms. The van der Waals surface area contributed by atoms with Gasteiger partial charge in [-0.05, 0) is 25.1 Å². The number of carbonyl (C=O) groups is 2. The third-order valence-electron chi connectivity index (χ3n) is 4.53. The number of hydrogen-bond donors (Lipinski definition) is 2. The van der Waals surface area contributed by atoms with Crippen LogP contribution in [0.1, 0.15) is 27.8 Å². The van der Waals surface area contributed by atoms with Gasteiger partial charge in [0.05, 0.1) is 10.4 Å². The quantitative estimate of drug-likeness (QED) is 0.616. The number of aromatic nitrogens is 2. The molecule has 0 fully saturated rings. The maximum absolute atomic E-state index is 12.7. The van der Waals surface area contributed by atoms with Crippen LogP contribution in [0.5, 0.6) is 11.5 Å². The van der Waals surface area contributed by atoms with E-state index in [-0.39, 0.29) is 21.8 Å². The van der Waals surface area contributed by atoms with Gasteiger partial charge in [-0.15, -0.1) is 0 Å². The highest BCUT2D eigenvalue weighted by atomic mass is 35.5. The number of amides is 2. The first-order valence-electron chi connectivity index (χ1n) is 9.19. The fourth-order valence-corrected chi connectivity index (χ4v) is 3.37. The number of nitrogens with one attached hydrogen (secondary N) is 2. The summed E-state index contributed by atoms with van der Waals surface area (Å²) in [5.41, 5.74) is 4.57. The van der Waals surface area contributed by atoms with Gasteiger partial charge in [0.15, 0.2) is 17.2 Å². The fraction of sp³-hybridized carbons (Fsp3) is 0.200. The lowest BCUT2D eigenvalue weighted by Crippen LogP contribution is -2.42. The largest absolute Gasteiger partial charge is 0.486 e. The second kappa shape index (κ2) is 8.03. The predicted octanol–water partition coefficient (Wildman–Crippen LogP) is 1.92. The lowest BCUT2D eigenvalue weighted by Gasteiger charge is -2.20. The minimum Gasteiger partial charge on any atom is -0.486 e. The SMILES string of the molecule is CCn1nc(C(=O)NNC(=O)c2cc(Cl)c3c(c2)OCCO3)c2ccccc2c1=O. The van der Waals surface area contributed by atoms with Crippen molar-refractivity contribution >= 4 is 34.2 Å². The third-order valence-corrected chi connectivity index (χ3v) is 4.81. The highest BCUT2D eigenvalue weighted by molar-refractivity contribution is 6.32. The van der Waals surface area contributed by atoms with E-state index in [1.165, 1.54) is 16.8 Å². The number of benzene rings is 2. The Morgan fingerprint density at radius 1 is 1.10 bits per heavy atom. The molecule has 154 valence electrons. The summed E-state index contributed by atoms with van der Waals surface area (Å²) < 4.78 is 12.1. The lowest BCUT2D eigenvalue weighted by molar-refractivity contribution is 0.0843. The van der Waals surface area contributed by atoms with Gasteiger partial charge in [-0.3, -0.25) is 25.2 Å². The van der Waals surface area contributed by atoms with Gasteiger partial charge in [-0.2, -0.15) is 5.10 Å². The van der Waals surface area contributed by atoms with Gasteiger partial charge in [0.2, 0.25) is 0 Å². The van der Waals surface area contributed by atoms with E-state index >= 15 is 0 Å². The van der Waals surface area contributed by atoms with E-state index in [1.807, 2.05) is 0 Å². The number of rotatable bonds is 3. The Balaban J connectivity index is 1.57. The standard InChI is InChI=1S/C20H17ClN4O5/c1-2-25-20(28)13-6-4-3-5-12(13)16(24-25)19(27)23-22-18(26)11-9-14(21)17-15(10-11)29-7-8-30-17/h3-6,9-10H,2,7-8H2,1H3,(H,22,26)(H,23,27). The number of hydrazine groups is 1. The van der Waals surface area contributed by atoms with Crippen molar-refractivity contribution in [1.29, 1.82) is 0 Å². The summed E-state index contributed by atoms with van der Waals surface area (Å²) in [6.45, 7) is 2.76. The van der Waals surface area contributed by atoms with Crippen LogP contribution in [-0.2, 0) is 6.54 Å². The van der Waals surface area contributed by atoms with Crippen LogP contribution in [0.2, 0.25) is 5.02 Å². The molecule has 0 saturated carbocycles. The van der Waals surface area contributed by atoms with Gasteiger partial charge in [0, 0.05) is 17.5 Å². The monoisotopic (exact) mass is 428 g/mol. The molecule has 0 radical (unpaired) electrons. The van der Waals surface area contributed by atoms with Crippen molar-refractivity contribution in [2.45, 2.75) is 13.5 Å². The number of ether oxygens (including phenoxy) is 2. The first-order chi connectivity index (χ1) is 14.5. The molecule has 1 aliphatic heterocycles. The van der Waals surface area contributed by atoms with Crippen molar-refractivity contribution in [1.82, 2.24) is 20.6 Å². The van der Waals surface area contributed by atoms with Crippen molar-refractivity contribution < 1.29 is 19.1 Å². The Kier molecular flexibility index (Phi) is 5.28. The van der Waals surface area contributed by atoms with Crippen LogP contribution >= 0.6 is 11.6 Å². The van der Waals surface area contributed by atoms with Crippen molar-refractivity contribution in [2.75, 3.05) is 13.2 Å². The van der Waals surface area contributed by atoms with Crippen LogP contribution in [0.15, 0.2) is 41.2 Å².